The number of pyridine rings is 1. The van der Waals surface area contributed by atoms with Crippen LogP contribution in [0.5, 0.6) is 0 Å². The van der Waals surface area contributed by atoms with Crippen LogP contribution in [0.3, 0.4) is 0 Å². The molecule has 0 radical (unpaired) electrons. The predicted molar refractivity (Wildman–Crippen MR) is 122 cm³/mol. The van der Waals surface area contributed by atoms with Crippen molar-refractivity contribution in [3.05, 3.63) is 40.0 Å². The number of nitrogens with zero attached hydrogens (tertiary/aromatic N) is 4. The van der Waals surface area contributed by atoms with Gasteiger partial charge in [0.05, 0.1) is 17.5 Å². The molecule has 1 aliphatic rings. The number of carbonyl (C=O) groups is 1. The van der Waals surface area contributed by atoms with E-state index in [-0.39, 0.29) is 11.8 Å². The van der Waals surface area contributed by atoms with Crippen molar-refractivity contribution in [2.45, 2.75) is 39.7 Å². The lowest BCUT2D eigenvalue weighted by Crippen LogP contribution is -2.42. The van der Waals surface area contributed by atoms with Crippen LogP contribution in [0.4, 0.5) is 5.82 Å². The lowest BCUT2D eigenvalue weighted by molar-refractivity contribution is -0.122. The van der Waals surface area contributed by atoms with Crippen LogP contribution in [0.25, 0.3) is 0 Å². The van der Waals surface area contributed by atoms with Gasteiger partial charge in [0.15, 0.2) is 5.96 Å². The molecule has 2 aromatic rings. The number of thiazole rings is 1. The first kappa shape index (κ1) is 22.0. The van der Waals surface area contributed by atoms with Gasteiger partial charge in [-0.1, -0.05) is 6.07 Å². The number of guanidine groups is 1. The van der Waals surface area contributed by atoms with Gasteiger partial charge in [0.1, 0.15) is 5.82 Å². The van der Waals surface area contributed by atoms with Crippen LogP contribution < -0.4 is 21.3 Å². The Morgan fingerprint density at radius 1 is 1.40 bits per heavy atom. The number of hydrogen-bond donors (Lipinski definition) is 3. The number of anilines is 1. The van der Waals surface area contributed by atoms with Crippen molar-refractivity contribution < 1.29 is 4.79 Å². The van der Waals surface area contributed by atoms with Crippen molar-refractivity contribution in [3.8, 4) is 0 Å². The Balaban J connectivity index is 1.64. The van der Waals surface area contributed by atoms with Crippen LogP contribution in [0.1, 0.15) is 35.2 Å². The number of aromatic nitrogens is 2. The first-order valence-corrected chi connectivity index (χ1v) is 11.3. The van der Waals surface area contributed by atoms with Crippen LogP contribution in [0.2, 0.25) is 0 Å². The standard InChI is InChI=1S/C21H31N7OS/c1-3-23-21(25-10-8-18-26-12-15(2)30-18)27-13-16-6-4-9-24-20(16)28-11-5-7-17(14-28)19(22)29/h4,6,9,12,17H,3,5,7-8,10-11,13-14H2,1-2H3,(H2,22,29)(H2,23,25,27). The van der Waals surface area contributed by atoms with Crippen molar-refractivity contribution in [3.63, 3.8) is 0 Å². The third-order valence-corrected chi connectivity index (χ3v) is 6.02. The zero-order valence-electron chi connectivity index (χ0n) is 17.7. The normalized spacial score (nSPS) is 17.1. The molecule has 3 heterocycles. The van der Waals surface area contributed by atoms with Gasteiger partial charge in [0.2, 0.25) is 5.91 Å². The second kappa shape index (κ2) is 10.9. The second-order valence-corrected chi connectivity index (χ2v) is 8.73. The largest absolute Gasteiger partial charge is 0.369 e. The molecule has 0 bridgehead atoms. The molecule has 1 saturated heterocycles. The molecule has 2 aromatic heterocycles. The van der Waals surface area contributed by atoms with E-state index in [2.05, 4.69) is 39.3 Å². The van der Waals surface area contributed by atoms with Gasteiger partial charge in [-0.2, -0.15) is 0 Å². The molecule has 1 fully saturated rings. The number of nitrogens with two attached hydrogens (primary N) is 1. The minimum Gasteiger partial charge on any atom is -0.369 e. The number of primary amides is 1. The van der Waals surface area contributed by atoms with Gasteiger partial charge in [-0.3, -0.25) is 4.79 Å². The van der Waals surface area contributed by atoms with E-state index < -0.39 is 0 Å². The smallest absolute Gasteiger partial charge is 0.222 e. The number of carbonyl (C=O) groups excluding carboxylic acids is 1. The van der Waals surface area contributed by atoms with Gasteiger partial charge < -0.3 is 21.3 Å². The number of aliphatic imine (C=N–C) groups is 1. The first-order valence-electron chi connectivity index (χ1n) is 10.5. The van der Waals surface area contributed by atoms with Gasteiger partial charge in [0, 0.05) is 55.4 Å². The maximum atomic E-state index is 11.6. The number of nitrogens with one attached hydrogen (secondary N) is 2. The monoisotopic (exact) mass is 429 g/mol. The van der Waals surface area contributed by atoms with E-state index in [1.54, 1.807) is 17.5 Å². The molecule has 0 aromatic carbocycles. The summed E-state index contributed by atoms with van der Waals surface area (Å²) < 4.78 is 0. The molecule has 0 aliphatic carbocycles. The molecule has 3 rings (SSSR count). The van der Waals surface area contributed by atoms with Gasteiger partial charge in [0.25, 0.3) is 0 Å². The summed E-state index contributed by atoms with van der Waals surface area (Å²) in [5.74, 6) is 1.31. The minimum absolute atomic E-state index is 0.120. The number of rotatable bonds is 8. The average Bonchev–Trinajstić information content (AvgIpc) is 3.17. The minimum atomic E-state index is -0.232. The molecular weight excluding hydrogens is 398 g/mol. The van der Waals surface area contributed by atoms with Crippen LogP contribution in [0.15, 0.2) is 29.5 Å². The molecule has 0 saturated carbocycles. The highest BCUT2D eigenvalue weighted by molar-refractivity contribution is 7.11. The molecule has 1 unspecified atom stereocenters. The molecule has 1 atom stereocenters. The highest BCUT2D eigenvalue weighted by atomic mass is 32.1. The summed E-state index contributed by atoms with van der Waals surface area (Å²) in [7, 11) is 0. The van der Waals surface area contributed by atoms with E-state index in [4.69, 9.17) is 10.7 Å². The summed E-state index contributed by atoms with van der Waals surface area (Å²) in [5.41, 5.74) is 6.58. The fourth-order valence-corrected chi connectivity index (χ4v) is 4.34. The molecule has 1 amide bonds. The fourth-order valence-electron chi connectivity index (χ4n) is 3.55. The molecule has 9 heteroatoms. The van der Waals surface area contributed by atoms with E-state index in [0.29, 0.717) is 13.1 Å². The van der Waals surface area contributed by atoms with E-state index in [9.17, 15) is 4.79 Å². The van der Waals surface area contributed by atoms with Crippen molar-refractivity contribution in [2.75, 3.05) is 31.1 Å². The zero-order chi connectivity index (χ0) is 21.3. The summed E-state index contributed by atoms with van der Waals surface area (Å²) in [6, 6.07) is 3.97. The summed E-state index contributed by atoms with van der Waals surface area (Å²) in [4.78, 5) is 28.8. The second-order valence-electron chi connectivity index (χ2n) is 7.41. The average molecular weight is 430 g/mol. The molecule has 4 N–H and O–H groups in total. The van der Waals surface area contributed by atoms with E-state index in [1.165, 1.54) is 4.88 Å². The predicted octanol–water partition coefficient (Wildman–Crippen LogP) is 1.85. The molecule has 8 nitrogen and oxygen atoms in total. The van der Waals surface area contributed by atoms with Gasteiger partial charge >= 0.3 is 0 Å². The summed E-state index contributed by atoms with van der Waals surface area (Å²) >= 11 is 1.72. The van der Waals surface area contributed by atoms with Crippen LogP contribution >= 0.6 is 11.3 Å². The number of hydrogen-bond acceptors (Lipinski definition) is 6. The van der Waals surface area contributed by atoms with Crippen LogP contribution in [-0.2, 0) is 17.8 Å². The Morgan fingerprint density at radius 2 is 2.27 bits per heavy atom. The first-order chi connectivity index (χ1) is 14.6. The summed E-state index contributed by atoms with van der Waals surface area (Å²) in [6.45, 7) is 7.68. The molecule has 30 heavy (non-hydrogen) atoms. The van der Waals surface area contributed by atoms with Crippen molar-refractivity contribution >= 4 is 29.0 Å². The lowest BCUT2D eigenvalue weighted by atomic mass is 9.97. The SMILES string of the molecule is CCNC(=NCc1cccnc1N1CCCC(C(N)=O)C1)NCCc1ncc(C)s1. The number of piperidine rings is 1. The van der Waals surface area contributed by atoms with Gasteiger partial charge in [-0.25, -0.2) is 15.0 Å². The Morgan fingerprint density at radius 3 is 3.00 bits per heavy atom. The lowest BCUT2D eigenvalue weighted by Gasteiger charge is -2.33. The van der Waals surface area contributed by atoms with Crippen molar-refractivity contribution in [1.29, 1.82) is 0 Å². The van der Waals surface area contributed by atoms with E-state index in [0.717, 1.165) is 61.2 Å². The zero-order valence-corrected chi connectivity index (χ0v) is 18.5. The third-order valence-electron chi connectivity index (χ3n) is 5.04. The van der Waals surface area contributed by atoms with E-state index in [1.807, 2.05) is 18.3 Å². The van der Waals surface area contributed by atoms with Gasteiger partial charge in [-0.15, -0.1) is 11.3 Å². The molecule has 1 aliphatic heterocycles. The molecular formula is C21H31N7OS. The maximum absolute atomic E-state index is 11.6. The molecule has 0 spiro atoms. The highest BCUT2D eigenvalue weighted by Gasteiger charge is 2.25. The summed E-state index contributed by atoms with van der Waals surface area (Å²) in [6.07, 6.45) is 6.35. The Hall–Kier alpha value is -2.68. The van der Waals surface area contributed by atoms with Crippen LogP contribution in [0, 0.1) is 12.8 Å². The topological polar surface area (TPSA) is 109 Å². The maximum Gasteiger partial charge on any atom is 0.222 e. The van der Waals surface area contributed by atoms with Gasteiger partial charge in [-0.05, 0) is 32.8 Å². The van der Waals surface area contributed by atoms with Crippen molar-refractivity contribution in [1.82, 2.24) is 20.6 Å². The number of aryl methyl sites for hydroxylation is 1. The Labute approximate surface area is 182 Å². The Kier molecular flexibility index (Phi) is 8.01. The van der Waals surface area contributed by atoms with Crippen molar-refractivity contribution in [2.24, 2.45) is 16.6 Å². The Bertz CT molecular complexity index is 867. The summed E-state index contributed by atoms with van der Waals surface area (Å²) in [5, 5.41) is 7.80. The van der Waals surface area contributed by atoms with E-state index >= 15 is 0 Å². The highest BCUT2D eigenvalue weighted by Crippen LogP contribution is 2.25. The quantitative estimate of drug-likeness (QED) is 0.436. The fraction of sp³-hybridized carbons (Fsp3) is 0.524. The number of amides is 1. The molecule has 162 valence electrons. The van der Waals surface area contributed by atoms with Crippen LogP contribution in [-0.4, -0.2) is 48.0 Å². The third kappa shape index (κ3) is 6.16.